The Kier molecular flexibility index (Phi) is 4.69. The van der Waals surface area contributed by atoms with E-state index in [0.717, 1.165) is 24.0 Å². The summed E-state index contributed by atoms with van der Waals surface area (Å²) in [7, 11) is 0. The Morgan fingerprint density at radius 3 is 2.96 bits per heavy atom. The monoisotopic (exact) mass is 318 g/mol. The number of aryl methyl sites for hydroxylation is 1. The molecule has 1 aromatic heterocycles. The first-order valence-electron chi connectivity index (χ1n) is 8.42. The number of hydrogen-bond donors (Lipinski definition) is 0. The molecule has 0 bridgehead atoms. The summed E-state index contributed by atoms with van der Waals surface area (Å²) >= 11 is 0. The van der Waals surface area contributed by atoms with Crippen LogP contribution in [0.25, 0.3) is 0 Å². The Bertz CT molecular complexity index is 567. The van der Waals surface area contributed by atoms with Crippen molar-refractivity contribution >= 4 is 5.91 Å². The lowest BCUT2D eigenvalue weighted by Gasteiger charge is -2.53. The molecular weight excluding hydrogens is 292 g/mol. The summed E-state index contributed by atoms with van der Waals surface area (Å²) < 4.78 is 12.1. The van der Waals surface area contributed by atoms with E-state index in [1.165, 1.54) is 0 Å². The molecule has 0 radical (unpaired) electrons. The molecule has 0 N–H and O–H groups in total. The topological polar surface area (TPSA) is 51.7 Å². The van der Waals surface area contributed by atoms with Gasteiger partial charge in [0.1, 0.15) is 5.60 Å². The summed E-state index contributed by atoms with van der Waals surface area (Å²) in [6.45, 7) is 8.62. The first kappa shape index (κ1) is 16.4. The fourth-order valence-electron chi connectivity index (χ4n) is 3.43. The summed E-state index contributed by atoms with van der Waals surface area (Å²) in [5, 5.41) is 0. The van der Waals surface area contributed by atoms with E-state index in [1.807, 2.05) is 38.1 Å². The van der Waals surface area contributed by atoms with Gasteiger partial charge in [0.05, 0.1) is 25.8 Å². The van der Waals surface area contributed by atoms with Gasteiger partial charge >= 0.3 is 0 Å². The summed E-state index contributed by atoms with van der Waals surface area (Å²) in [5.41, 5.74) is 2.07. The summed E-state index contributed by atoms with van der Waals surface area (Å²) in [6.07, 6.45) is 5.68. The van der Waals surface area contributed by atoms with E-state index in [1.54, 1.807) is 0 Å². The molecule has 5 heteroatoms. The van der Waals surface area contributed by atoms with E-state index in [9.17, 15) is 4.79 Å². The lowest BCUT2D eigenvalue weighted by molar-refractivity contribution is -0.204. The molecule has 2 fully saturated rings. The highest BCUT2D eigenvalue weighted by Gasteiger charge is 2.49. The molecule has 126 valence electrons. The molecule has 1 amide bonds. The number of nitrogens with zero attached hydrogens (tertiary/aromatic N) is 2. The van der Waals surface area contributed by atoms with Gasteiger partial charge in [0.2, 0.25) is 5.91 Å². The van der Waals surface area contributed by atoms with Crippen molar-refractivity contribution in [3.8, 4) is 0 Å². The van der Waals surface area contributed by atoms with Gasteiger partial charge < -0.3 is 14.4 Å². The molecule has 3 heterocycles. The summed E-state index contributed by atoms with van der Waals surface area (Å²) in [6, 6.07) is 2.11. The number of rotatable bonds is 4. The highest BCUT2D eigenvalue weighted by molar-refractivity contribution is 5.79. The van der Waals surface area contributed by atoms with Crippen LogP contribution in [0.4, 0.5) is 0 Å². The lowest BCUT2D eigenvalue weighted by atomic mass is 9.84. The van der Waals surface area contributed by atoms with Gasteiger partial charge in [-0.3, -0.25) is 9.78 Å². The molecule has 5 nitrogen and oxygen atoms in total. The maximum Gasteiger partial charge on any atom is 0.225 e. The van der Waals surface area contributed by atoms with Crippen LogP contribution in [0.1, 0.15) is 37.8 Å². The highest BCUT2D eigenvalue weighted by atomic mass is 16.5. The van der Waals surface area contributed by atoms with Crippen molar-refractivity contribution in [2.75, 3.05) is 19.7 Å². The van der Waals surface area contributed by atoms with E-state index in [2.05, 4.69) is 11.1 Å². The number of aromatic nitrogens is 1. The third kappa shape index (κ3) is 3.72. The molecule has 23 heavy (non-hydrogen) atoms. The van der Waals surface area contributed by atoms with Crippen molar-refractivity contribution in [2.45, 2.75) is 51.9 Å². The van der Waals surface area contributed by atoms with Crippen molar-refractivity contribution in [3.05, 3.63) is 29.6 Å². The molecule has 0 aromatic carbocycles. The minimum absolute atomic E-state index is 0.0526. The van der Waals surface area contributed by atoms with Gasteiger partial charge in [0, 0.05) is 31.3 Å². The zero-order valence-electron chi connectivity index (χ0n) is 14.2. The second-order valence-electron chi connectivity index (χ2n) is 7.18. The lowest BCUT2D eigenvalue weighted by Crippen LogP contribution is -2.67. The maximum absolute atomic E-state index is 12.0. The Morgan fingerprint density at radius 1 is 1.48 bits per heavy atom. The third-order valence-electron chi connectivity index (χ3n) is 4.63. The second-order valence-corrected chi connectivity index (χ2v) is 7.18. The van der Waals surface area contributed by atoms with Crippen LogP contribution in [0.5, 0.6) is 0 Å². The molecule has 2 saturated heterocycles. The van der Waals surface area contributed by atoms with Gasteiger partial charge in [-0.05, 0) is 24.5 Å². The van der Waals surface area contributed by atoms with Crippen LogP contribution in [0, 0.1) is 12.8 Å². The number of carbonyl (C=O) groups is 1. The first-order chi connectivity index (χ1) is 11.0. The number of hydrogen-bond acceptors (Lipinski definition) is 4. The van der Waals surface area contributed by atoms with Crippen LogP contribution in [-0.4, -0.2) is 47.2 Å². The Labute approximate surface area is 138 Å². The van der Waals surface area contributed by atoms with Crippen molar-refractivity contribution in [3.63, 3.8) is 0 Å². The number of ether oxygens (including phenoxy) is 2. The van der Waals surface area contributed by atoms with E-state index in [4.69, 9.17) is 9.47 Å². The van der Waals surface area contributed by atoms with Gasteiger partial charge in [0.15, 0.2) is 0 Å². The minimum atomic E-state index is -0.182. The molecule has 1 atom stereocenters. The van der Waals surface area contributed by atoms with Gasteiger partial charge in [-0.1, -0.05) is 19.9 Å². The first-order valence-corrected chi connectivity index (χ1v) is 8.42. The van der Waals surface area contributed by atoms with Crippen LogP contribution in [-0.2, 0) is 20.9 Å². The molecule has 0 aliphatic carbocycles. The zero-order chi connectivity index (χ0) is 16.4. The number of pyridine rings is 1. The largest absolute Gasteiger partial charge is 0.373 e. The van der Waals surface area contributed by atoms with Gasteiger partial charge in [-0.25, -0.2) is 0 Å². The average molecular weight is 318 g/mol. The Hall–Kier alpha value is -1.46. The van der Waals surface area contributed by atoms with E-state index in [0.29, 0.717) is 26.3 Å². The molecule has 1 aromatic rings. The van der Waals surface area contributed by atoms with Crippen LogP contribution in [0.2, 0.25) is 0 Å². The second kappa shape index (κ2) is 6.57. The van der Waals surface area contributed by atoms with Crippen molar-refractivity contribution in [1.29, 1.82) is 0 Å². The standard InChI is InChI=1S/C18H26N2O3/c1-13(2)17(21)20-11-18(12-20)7-16(4-5-23-18)22-10-15-6-14(3)8-19-9-15/h6,8-9,13,16H,4-5,7,10-12H2,1-3H3/t16-/m1/s1. The van der Waals surface area contributed by atoms with Gasteiger partial charge in [-0.2, -0.15) is 0 Å². The normalized spacial score (nSPS) is 23.1. The molecule has 0 unspecified atom stereocenters. The fraction of sp³-hybridized carbons (Fsp3) is 0.667. The summed E-state index contributed by atoms with van der Waals surface area (Å²) in [4.78, 5) is 18.1. The number of carbonyl (C=O) groups excluding carboxylic acids is 1. The van der Waals surface area contributed by atoms with Crippen LogP contribution in [0.15, 0.2) is 18.5 Å². The smallest absolute Gasteiger partial charge is 0.225 e. The third-order valence-corrected chi connectivity index (χ3v) is 4.63. The van der Waals surface area contributed by atoms with Crippen molar-refractivity contribution in [1.82, 2.24) is 9.88 Å². The predicted molar refractivity (Wildman–Crippen MR) is 86.9 cm³/mol. The highest BCUT2D eigenvalue weighted by Crippen LogP contribution is 2.36. The molecule has 2 aliphatic rings. The SMILES string of the molecule is Cc1cncc(CO[C@@H]2CCOC3(C2)CN(C(=O)C(C)C)C3)c1. The van der Waals surface area contributed by atoms with E-state index in [-0.39, 0.29) is 23.5 Å². The van der Waals surface area contributed by atoms with Crippen LogP contribution < -0.4 is 0 Å². The Balaban J connectivity index is 1.51. The van der Waals surface area contributed by atoms with E-state index >= 15 is 0 Å². The predicted octanol–water partition coefficient (Wildman–Crippen LogP) is 2.32. The number of amides is 1. The zero-order valence-corrected chi connectivity index (χ0v) is 14.2. The molecule has 2 aliphatic heterocycles. The Morgan fingerprint density at radius 2 is 2.26 bits per heavy atom. The van der Waals surface area contributed by atoms with Crippen LogP contribution in [0.3, 0.4) is 0 Å². The summed E-state index contributed by atoms with van der Waals surface area (Å²) in [5.74, 6) is 0.268. The van der Waals surface area contributed by atoms with Crippen molar-refractivity contribution in [2.24, 2.45) is 5.92 Å². The minimum Gasteiger partial charge on any atom is -0.373 e. The maximum atomic E-state index is 12.0. The van der Waals surface area contributed by atoms with Crippen molar-refractivity contribution < 1.29 is 14.3 Å². The quantitative estimate of drug-likeness (QED) is 0.855. The fourth-order valence-corrected chi connectivity index (χ4v) is 3.43. The molecule has 1 spiro atoms. The van der Waals surface area contributed by atoms with E-state index < -0.39 is 0 Å². The number of likely N-dealkylation sites (tertiary alicyclic amines) is 1. The van der Waals surface area contributed by atoms with Crippen LogP contribution >= 0.6 is 0 Å². The molecule has 0 saturated carbocycles. The molecular formula is C18H26N2O3. The van der Waals surface area contributed by atoms with Gasteiger partial charge in [0.25, 0.3) is 0 Å². The molecule has 3 rings (SSSR count). The van der Waals surface area contributed by atoms with Gasteiger partial charge in [-0.15, -0.1) is 0 Å². The average Bonchev–Trinajstić information content (AvgIpc) is 2.50.